The molecule has 0 fully saturated rings. The van der Waals surface area contributed by atoms with Crippen LogP contribution in [0.25, 0.3) is 33.4 Å². The van der Waals surface area contributed by atoms with Gasteiger partial charge in [0.05, 0.1) is 5.52 Å². The summed E-state index contributed by atoms with van der Waals surface area (Å²) in [4.78, 5) is 13.3. The molecule has 4 rings (SSSR count). The molecule has 0 unspecified atom stereocenters. The van der Waals surface area contributed by atoms with Gasteiger partial charge in [-0.3, -0.25) is 4.98 Å². The third-order valence-corrected chi connectivity index (χ3v) is 4.49. The monoisotopic (exact) mass is 362 g/mol. The number of nitrogens with one attached hydrogen (secondary N) is 1. The number of hydrogen-bond donors (Lipinski definition) is 1. The second-order valence-electron chi connectivity index (χ2n) is 6.15. The first kappa shape index (κ1) is 17.0. The molecule has 0 saturated heterocycles. The lowest BCUT2D eigenvalue weighted by atomic mass is 9.98. The molecule has 0 radical (unpaired) electrons. The molecule has 0 spiro atoms. The zero-order chi connectivity index (χ0) is 19.0. The standard InChI is InChI=1S/C21H16F2N4/c1-12-16(22)7-8-17(23)19(12)13-5-6-15-18(10-13)26-20(27-21(15)24-2)14-4-3-9-25-11-14/h3-11H,1-2H3,(H,24,26,27). The molecule has 134 valence electrons. The molecule has 6 heteroatoms. The lowest BCUT2D eigenvalue weighted by Gasteiger charge is -2.12. The average molecular weight is 362 g/mol. The van der Waals surface area contributed by atoms with Crippen LogP contribution in [0, 0.1) is 18.6 Å². The zero-order valence-corrected chi connectivity index (χ0v) is 14.8. The van der Waals surface area contributed by atoms with Crippen molar-refractivity contribution in [2.24, 2.45) is 0 Å². The van der Waals surface area contributed by atoms with Crippen molar-refractivity contribution in [2.45, 2.75) is 6.92 Å². The van der Waals surface area contributed by atoms with Crippen LogP contribution in [0.3, 0.4) is 0 Å². The van der Waals surface area contributed by atoms with E-state index in [-0.39, 0.29) is 11.1 Å². The summed E-state index contributed by atoms with van der Waals surface area (Å²) >= 11 is 0. The first-order valence-corrected chi connectivity index (χ1v) is 8.43. The summed E-state index contributed by atoms with van der Waals surface area (Å²) in [5.74, 6) is 0.250. The molecular formula is C21H16F2N4. The van der Waals surface area contributed by atoms with Gasteiger partial charge in [-0.2, -0.15) is 0 Å². The Morgan fingerprint density at radius 2 is 1.74 bits per heavy atom. The fourth-order valence-electron chi connectivity index (χ4n) is 3.11. The predicted molar refractivity (Wildman–Crippen MR) is 102 cm³/mol. The highest BCUT2D eigenvalue weighted by Gasteiger charge is 2.15. The van der Waals surface area contributed by atoms with Gasteiger partial charge in [-0.15, -0.1) is 0 Å². The number of fused-ring (bicyclic) bond motifs is 1. The molecule has 27 heavy (non-hydrogen) atoms. The minimum absolute atomic E-state index is 0.240. The van der Waals surface area contributed by atoms with Gasteiger partial charge in [0.1, 0.15) is 17.5 Å². The number of halogens is 2. The number of benzene rings is 2. The number of pyridine rings is 1. The second kappa shape index (κ2) is 6.72. The Hall–Kier alpha value is -3.41. The summed E-state index contributed by atoms with van der Waals surface area (Å²) in [7, 11) is 1.78. The van der Waals surface area contributed by atoms with Crippen LogP contribution in [0.2, 0.25) is 0 Å². The van der Waals surface area contributed by atoms with E-state index in [4.69, 9.17) is 0 Å². The molecule has 0 aliphatic carbocycles. The molecule has 2 heterocycles. The van der Waals surface area contributed by atoms with E-state index in [1.807, 2.05) is 18.2 Å². The Balaban J connectivity index is 1.96. The van der Waals surface area contributed by atoms with Crippen LogP contribution in [-0.4, -0.2) is 22.0 Å². The van der Waals surface area contributed by atoms with Crippen molar-refractivity contribution in [2.75, 3.05) is 12.4 Å². The van der Waals surface area contributed by atoms with E-state index < -0.39 is 11.6 Å². The molecule has 4 aromatic rings. The van der Waals surface area contributed by atoms with Crippen molar-refractivity contribution in [3.63, 3.8) is 0 Å². The lowest BCUT2D eigenvalue weighted by molar-refractivity contribution is 0.595. The van der Waals surface area contributed by atoms with E-state index >= 15 is 0 Å². The fraction of sp³-hybridized carbons (Fsp3) is 0.0952. The number of aromatic nitrogens is 3. The minimum atomic E-state index is -0.469. The van der Waals surface area contributed by atoms with Crippen molar-refractivity contribution < 1.29 is 8.78 Å². The van der Waals surface area contributed by atoms with Gasteiger partial charge in [-0.05, 0) is 54.4 Å². The normalized spacial score (nSPS) is 11.0. The Morgan fingerprint density at radius 3 is 2.48 bits per heavy atom. The highest BCUT2D eigenvalue weighted by Crippen LogP contribution is 2.32. The third-order valence-electron chi connectivity index (χ3n) is 4.49. The maximum Gasteiger partial charge on any atom is 0.163 e. The Kier molecular flexibility index (Phi) is 4.24. The summed E-state index contributed by atoms with van der Waals surface area (Å²) < 4.78 is 28.3. The second-order valence-corrected chi connectivity index (χ2v) is 6.15. The van der Waals surface area contributed by atoms with E-state index in [0.29, 0.717) is 22.7 Å². The van der Waals surface area contributed by atoms with Crippen LogP contribution in [-0.2, 0) is 0 Å². The van der Waals surface area contributed by atoms with Gasteiger partial charge < -0.3 is 5.32 Å². The number of hydrogen-bond acceptors (Lipinski definition) is 4. The predicted octanol–water partition coefficient (Wildman–Crippen LogP) is 4.99. The maximum atomic E-state index is 14.4. The first-order valence-electron chi connectivity index (χ1n) is 8.43. The van der Waals surface area contributed by atoms with Crippen molar-refractivity contribution in [1.29, 1.82) is 0 Å². The molecular weight excluding hydrogens is 346 g/mol. The fourth-order valence-corrected chi connectivity index (χ4v) is 3.11. The van der Waals surface area contributed by atoms with E-state index in [0.717, 1.165) is 23.1 Å². The molecule has 0 bridgehead atoms. The van der Waals surface area contributed by atoms with Gasteiger partial charge in [-0.25, -0.2) is 18.7 Å². The van der Waals surface area contributed by atoms with Crippen LogP contribution in [0.15, 0.2) is 54.9 Å². The SMILES string of the molecule is CNc1nc(-c2cccnc2)nc2cc(-c3c(F)ccc(F)c3C)ccc12. The molecule has 1 N–H and O–H groups in total. The number of anilines is 1. The average Bonchev–Trinajstić information content (AvgIpc) is 2.70. The van der Waals surface area contributed by atoms with Crippen molar-refractivity contribution in [3.05, 3.63) is 72.1 Å². The van der Waals surface area contributed by atoms with Crippen molar-refractivity contribution in [1.82, 2.24) is 15.0 Å². The number of nitrogens with zero attached hydrogens (tertiary/aromatic N) is 3. The van der Waals surface area contributed by atoms with Gasteiger partial charge in [0, 0.05) is 36.0 Å². The third kappa shape index (κ3) is 2.99. The van der Waals surface area contributed by atoms with Gasteiger partial charge >= 0.3 is 0 Å². The van der Waals surface area contributed by atoms with Gasteiger partial charge in [0.2, 0.25) is 0 Å². The van der Waals surface area contributed by atoms with Crippen molar-refractivity contribution >= 4 is 16.7 Å². The minimum Gasteiger partial charge on any atom is -0.373 e. The highest BCUT2D eigenvalue weighted by atomic mass is 19.1. The summed E-state index contributed by atoms with van der Waals surface area (Å²) in [6.07, 6.45) is 3.36. The van der Waals surface area contributed by atoms with Crippen LogP contribution >= 0.6 is 0 Å². The van der Waals surface area contributed by atoms with E-state index in [9.17, 15) is 8.78 Å². The summed E-state index contributed by atoms with van der Waals surface area (Å²) in [6, 6.07) is 11.3. The number of rotatable bonds is 3. The maximum absolute atomic E-state index is 14.4. The first-order chi connectivity index (χ1) is 13.1. The van der Waals surface area contributed by atoms with E-state index in [1.165, 1.54) is 0 Å². The zero-order valence-electron chi connectivity index (χ0n) is 14.8. The molecule has 2 aromatic heterocycles. The van der Waals surface area contributed by atoms with Gasteiger partial charge in [0.15, 0.2) is 5.82 Å². The lowest BCUT2D eigenvalue weighted by Crippen LogP contribution is -2.00. The topological polar surface area (TPSA) is 50.7 Å². The molecule has 0 saturated carbocycles. The van der Waals surface area contributed by atoms with Gasteiger partial charge in [0.25, 0.3) is 0 Å². The summed E-state index contributed by atoms with van der Waals surface area (Å²) in [6.45, 7) is 1.57. The highest BCUT2D eigenvalue weighted by molar-refractivity contribution is 5.93. The molecule has 0 amide bonds. The molecule has 4 nitrogen and oxygen atoms in total. The van der Waals surface area contributed by atoms with E-state index in [2.05, 4.69) is 20.3 Å². The molecule has 0 aliphatic rings. The Labute approximate surface area is 154 Å². The quantitative estimate of drug-likeness (QED) is 0.558. The Bertz CT molecular complexity index is 1140. The summed E-state index contributed by atoms with van der Waals surface area (Å²) in [5.41, 5.74) is 2.48. The molecule has 0 atom stereocenters. The Morgan fingerprint density at radius 1 is 0.926 bits per heavy atom. The molecule has 2 aromatic carbocycles. The molecule has 0 aliphatic heterocycles. The van der Waals surface area contributed by atoms with Crippen LogP contribution in [0.4, 0.5) is 14.6 Å². The summed E-state index contributed by atoms with van der Waals surface area (Å²) in [5, 5.41) is 3.86. The van der Waals surface area contributed by atoms with Crippen LogP contribution in [0.5, 0.6) is 0 Å². The smallest absolute Gasteiger partial charge is 0.163 e. The van der Waals surface area contributed by atoms with Gasteiger partial charge in [-0.1, -0.05) is 6.07 Å². The van der Waals surface area contributed by atoms with Crippen molar-refractivity contribution in [3.8, 4) is 22.5 Å². The van der Waals surface area contributed by atoms with Crippen LogP contribution < -0.4 is 5.32 Å². The van der Waals surface area contributed by atoms with Crippen LogP contribution in [0.1, 0.15) is 5.56 Å². The largest absolute Gasteiger partial charge is 0.373 e. The van der Waals surface area contributed by atoms with E-state index in [1.54, 1.807) is 38.5 Å².